The van der Waals surface area contributed by atoms with Crippen molar-refractivity contribution in [3.8, 4) is 34.2 Å². The number of aromatic carboxylic acids is 4. The van der Waals surface area contributed by atoms with Gasteiger partial charge in [-0.3, -0.25) is 24.2 Å². The minimum Gasteiger partial charge on any atom is -0.478 e. The molecule has 2 fully saturated rings. The summed E-state index contributed by atoms with van der Waals surface area (Å²) in [4.78, 5) is 114. The highest BCUT2D eigenvalue weighted by atomic mass is 35.5. The lowest BCUT2D eigenvalue weighted by Gasteiger charge is -2.14. The Kier molecular flexibility index (Phi) is 27.7. The molecule has 12 rings (SSSR count). The van der Waals surface area contributed by atoms with Crippen LogP contribution < -0.4 is 5.46 Å². The lowest BCUT2D eigenvalue weighted by atomic mass is 9.80. The number of nitrogens with zero attached hydrogens (tertiary/aromatic N) is 10. The molecule has 10 aromatic rings. The molecular weight excluding hydrogens is 1340 g/mol. The molecule has 97 heavy (non-hydrogen) atoms. The maximum atomic E-state index is 12.8. The number of aromatic nitrogens is 8. The van der Waals surface area contributed by atoms with Crippen molar-refractivity contribution in [3.63, 3.8) is 0 Å². The van der Waals surface area contributed by atoms with Gasteiger partial charge >= 0.3 is 31.0 Å². The second kappa shape index (κ2) is 36.6. The number of rotatable bonds is 14. The molecule has 0 radical (unpaired) electrons. The molecule has 2 saturated heterocycles. The van der Waals surface area contributed by atoms with E-state index < -0.39 is 31.0 Å². The Balaban J connectivity index is 0.000000172. The Hall–Kier alpha value is -11.0. The van der Waals surface area contributed by atoms with Gasteiger partial charge in [-0.2, -0.15) is 0 Å². The van der Waals surface area contributed by atoms with Gasteiger partial charge in [0.15, 0.2) is 23.8 Å². The van der Waals surface area contributed by atoms with Crippen molar-refractivity contribution in [2.75, 3.05) is 5.75 Å². The number of benzene rings is 6. The van der Waals surface area contributed by atoms with E-state index in [9.17, 15) is 33.6 Å². The molecule has 0 aliphatic carbocycles. The predicted molar refractivity (Wildman–Crippen MR) is 376 cm³/mol. The maximum Gasteiger partial charge on any atom is 0.488 e. The van der Waals surface area contributed by atoms with Gasteiger partial charge < -0.3 is 30.5 Å². The number of thiocarbonyl (C=S) groups is 2. The number of aldehydes is 1. The number of carbonyl (C=O) groups is 7. The lowest BCUT2D eigenvalue weighted by molar-refractivity contribution is -0.124. The van der Waals surface area contributed by atoms with Crippen LogP contribution in [0.1, 0.15) is 80.1 Å². The molecule has 6 heterocycles. The standard InChI is InChI=1S/C22H15N3O3S2.C12H8N2O3.C12H10N2O2.C10H9NOS2.C7H7BO4.C5H5ClN2/c26-20-18(30-22(29)25(20)13-14-4-2-1-3-5-14)12-17-10-11-23-19(24-17)15-6-8-16(9-7-15)21(27)28;15-7-10-5-6-13-11(14-10)8-1-3-9(4-2-8)12(16)17;1-8-6-7-13-11(14-8)9-2-4-10(5-3-9)12(15)16;12-9-7-14-10(13)11(9)6-8-4-2-1-3-5-8;9-7(10)5-1-3-6(4-2-5)8(11)12;1-4-2-3-7-5(6)8-4/h1-12H,13H2,(H,27,28);1-7H,(H,16,17);2-7H,1H3,(H,15,16);1-5H,6-7H2;1-4,11-12H,(H,9,10);2-3H,1H3/b18-12-;;;;;. The zero-order chi connectivity index (χ0) is 70.0. The molecule has 0 atom stereocenters. The average molecular weight is 1390 g/mol. The SMILES string of the molecule is Cc1ccnc(-c2ccc(C(=O)O)cc2)n1.Cc1ccnc(Cl)n1.O=C(O)c1ccc(-c2nccc(/C=C3\SC(=S)N(Cc4ccccc4)C3=O)n2)cc1.O=C(O)c1ccc(B(O)O)cc1.O=C1CSC(=S)N1Cc1ccccc1.O=Cc1ccnc(-c2ccc(C(=O)O)cc2)n1. The smallest absolute Gasteiger partial charge is 0.478 e. The number of hydrogen-bond donors (Lipinski definition) is 6. The van der Waals surface area contributed by atoms with Crippen LogP contribution in [-0.2, 0) is 22.7 Å². The van der Waals surface area contributed by atoms with E-state index in [0.29, 0.717) is 78.3 Å². The van der Waals surface area contributed by atoms with E-state index in [2.05, 4.69) is 39.9 Å². The van der Waals surface area contributed by atoms with Crippen LogP contribution in [0.2, 0.25) is 5.28 Å². The Bertz CT molecular complexity index is 4450. The van der Waals surface area contributed by atoms with E-state index in [-0.39, 0.29) is 45.2 Å². The molecule has 29 heteroatoms. The summed E-state index contributed by atoms with van der Waals surface area (Å²) in [5.74, 6) is -2.04. The number of hydrogen-bond acceptors (Lipinski definition) is 21. The molecule has 2 aliphatic heterocycles. The van der Waals surface area contributed by atoms with Crippen molar-refractivity contribution in [3.05, 3.63) is 273 Å². The van der Waals surface area contributed by atoms with Gasteiger partial charge in [-0.05, 0) is 121 Å². The first kappa shape index (κ1) is 73.4. The van der Waals surface area contributed by atoms with Crippen molar-refractivity contribution >= 4 is 129 Å². The molecule has 2 aliphatic rings. The van der Waals surface area contributed by atoms with Crippen LogP contribution in [-0.4, -0.2) is 144 Å². The molecular formula is C68H54BClN10O13S4. The van der Waals surface area contributed by atoms with Crippen LogP contribution in [0.3, 0.4) is 0 Å². The average Bonchev–Trinajstić information content (AvgIpc) is 1.77. The van der Waals surface area contributed by atoms with E-state index in [1.54, 1.807) is 95.1 Å². The summed E-state index contributed by atoms with van der Waals surface area (Å²) in [6.07, 6.45) is 8.73. The van der Waals surface area contributed by atoms with Gasteiger partial charge in [-0.25, -0.2) is 59.0 Å². The van der Waals surface area contributed by atoms with Crippen molar-refractivity contribution in [2.24, 2.45) is 0 Å². The third-order valence-electron chi connectivity index (χ3n) is 13.0. The molecule has 6 aromatic carbocycles. The Morgan fingerprint density at radius 1 is 0.505 bits per heavy atom. The van der Waals surface area contributed by atoms with Gasteiger partial charge in [0.2, 0.25) is 11.2 Å². The van der Waals surface area contributed by atoms with Gasteiger partial charge in [0, 0.05) is 52.9 Å². The van der Waals surface area contributed by atoms with E-state index in [4.69, 9.17) is 66.5 Å². The number of aryl methyl sites for hydroxylation is 2. The molecule has 0 unspecified atom stereocenters. The maximum absolute atomic E-state index is 12.8. The molecule has 0 spiro atoms. The first-order valence-corrected chi connectivity index (χ1v) is 31.4. The fourth-order valence-corrected chi connectivity index (χ4v) is 10.6. The van der Waals surface area contributed by atoms with Gasteiger partial charge in [0.1, 0.15) is 14.3 Å². The quantitative estimate of drug-likeness (QED) is 0.0194. The van der Waals surface area contributed by atoms with Gasteiger partial charge in [-0.1, -0.05) is 157 Å². The largest absolute Gasteiger partial charge is 0.488 e. The van der Waals surface area contributed by atoms with Crippen LogP contribution in [0.4, 0.5) is 0 Å². The molecule has 488 valence electrons. The molecule has 6 N–H and O–H groups in total. The van der Waals surface area contributed by atoms with Crippen LogP contribution in [0, 0.1) is 13.8 Å². The third-order valence-corrected chi connectivity index (χ3v) is 16.0. The molecule has 2 amide bonds. The summed E-state index contributed by atoms with van der Waals surface area (Å²) in [5, 5.41) is 52.7. The number of carboxylic acids is 4. The van der Waals surface area contributed by atoms with Gasteiger partial charge in [0.25, 0.3) is 5.91 Å². The number of halogens is 1. The minimum absolute atomic E-state index is 0.115. The summed E-state index contributed by atoms with van der Waals surface area (Å²) in [6, 6.07) is 50.7. The summed E-state index contributed by atoms with van der Waals surface area (Å²) in [7, 11) is -1.55. The normalized spacial score (nSPS) is 12.4. The second-order valence-corrected chi connectivity index (χ2v) is 23.6. The Morgan fingerprint density at radius 3 is 1.28 bits per heavy atom. The predicted octanol–water partition coefficient (Wildman–Crippen LogP) is 10.6. The summed E-state index contributed by atoms with van der Waals surface area (Å²) < 4.78 is 1.20. The van der Waals surface area contributed by atoms with E-state index >= 15 is 0 Å². The van der Waals surface area contributed by atoms with Crippen molar-refractivity contribution in [1.82, 2.24) is 49.7 Å². The number of carboxylic acid groups (broad SMARTS) is 4. The first-order chi connectivity index (χ1) is 46.5. The molecule has 0 bridgehead atoms. The fourth-order valence-electron chi connectivity index (χ4n) is 8.10. The van der Waals surface area contributed by atoms with E-state index in [1.165, 1.54) is 84.3 Å². The summed E-state index contributed by atoms with van der Waals surface area (Å²) in [5.41, 5.74) is 7.97. The number of amides is 2. The van der Waals surface area contributed by atoms with E-state index in [1.807, 2.05) is 80.6 Å². The zero-order valence-corrected chi connectivity index (χ0v) is 55.0. The first-order valence-electron chi connectivity index (χ1n) is 28.4. The summed E-state index contributed by atoms with van der Waals surface area (Å²) in [6.45, 7) is 4.78. The lowest BCUT2D eigenvalue weighted by Crippen LogP contribution is -2.29. The van der Waals surface area contributed by atoms with Crippen molar-refractivity contribution in [2.45, 2.75) is 26.9 Å². The third kappa shape index (κ3) is 22.9. The van der Waals surface area contributed by atoms with E-state index in [0.717, 1.165) is 28.1 Å². The van der Waals surface area contributed by atoms with Crippen molar-refractivity contribution < 1.29 is 64.0 Å². The highest BCUT2D eigenvalue weighted by Crippen LogP contribution is 2.34. The van der Waals surface area contributed by atoms with Crippen LogP contribution in [0.25, 0.3) is 40.2 Å². The summed E-state index contributed by atoms with van der Waals surface area (Å²) >= 11 is 18.6. The van der Waals surface area contributed by atoms with Crippen LogP contribution >= 0.6 is 59.6 Å². The molecule has 23 nitrogen and oxygen atoms in total. The number of thioether (sulfide) groups is 2. The monoisotopic (exact) mass is 1390 g/mol. The second-order valence-electron chi connectivity index (χ2n) is 19.9. The highest BCUT2D eigenvalue weighted by molar-refractivity contribution is 8.26. The highest BCUT2D eigenvalue weighted by Gasteiger charge is 2.32. The Morgan fingerprint density at radius 2 is 0.897 bits per heavy atom. The fraction of sp³-hybridized carbons (Fsp3) is 0.0735. The zero-order valence-electron chi connectivity index (χ0n) is 51.0. The van der Waals surface area contributed by atoms with Crippen molar-refractivity contribution in [1.29, 1.82) is 0 Å². The number of carbonyl (C=O) groups excluding carboxylic acids is 3. The van der Waals surface area contributed by atoms with Crippen LogP contribution in [0.5, 0.6) is 0 Å². The molecule has 4 aromatic heterocycles. The van der Waals surface area contributed by atoms with Gasteiger partial charge in [0.05, 0.1) is 51.7 Å². The van der Waals surface area contributed by atoms with Gasteiger partial charge in [-0.15, -0.1) is 0 Å². The minimum atomic E-state index is -1.55. The topological polar surface area (TPSA) is 350 Å². The van der Waals surface area contributed by atoms with Crippen LogP contribution in [0.15, 0.2) is 212 Å². The molecule has 0 saturated carbocycles. The Labute approximate surface area is 578 Å².